The van der Waals surface area contributed by atoms with Crippen molar-refractivity contribution in [2.24, 2.45) is 0 Å². The molecule has 0 bridgehead atoms. The summed E-state index contributed by atoms with van der Waals surface area (Å²) in [4.78, 5) is 10.7. The second-order valence-corrected chi connectivity index (χ2v) is 5.09. The van der Waals surface area contributed by atoms with Crippen LogP contribution in [0, 0.1) is 0 Å². The number of ether oxygens (including phenoxy) is 1. The lowest BCUT2D eigenvalue weighted by Crippen LogP contribution is -2.17. The number of aldehydes is 1. The molecule has 6 heteroatoms. The molecular formula is C18H12F3NO2. The maximum atomic E-state index is 12.2. The van der Waals surface area contributed by atoms with Gasteiger partial charge in [0.1, 0.15) is 12.0 Å². The van der Waals surface area contributed by atoms with Crippen LogP contribution >= 0.6 is 0 Å². The van der Waals surface area contributed by atoms with Crippen molar-refractivity contribution in [2.75, 3.05) is 0 Å². The third-order valence-corrected chi connectivity index (χ3v) is 3.44. The molecule has 3 aromatic rings. The van der Waals surface area contributed by atoms with Crippen molar-refractivity contribution in [3.05, 3.63) is 72.6 Å². The molecule has 0 radical (unpaired) electrons. The van der Waals surface area contributed by atoms with Crippen molar-refractivity contribution in [1.82, 2.24) is 4.57 Å². The number of benzene rings is 2. The van der Waals surface area contributed by atoms with Crippen LogP contribution in [0.1, 0.15) is 10.4 Å². The van der Waals surface area contributed by atoms with Gasteiger partial charge in [-0.15, -0.1) is 13.2 Å². The minimum absolute atomic E-state index is 0.261. The number of alkyl halides is 3. The van der Waals surface area contributed by atoms with Gasteiger partial charge < -0.3 is 9.30 Å². The third-order valence-electron chi connectivity index (χ3n) is 3.44. The van der Waals surface area contributed by atoms with Crippen LogP contribution in [0.3, 0.4) is 0 Å². The molecule has 0 saturated carbocycles. The first kappa shape index (κ1) is 15.9. The molecular weight excluding hydrogens is 319 g/mol. The average molecular weight is 331 g/mol. The second kappa shape index (κ2) is 6.23. The van der Waals surface area contributed by atoms with Gasteiger partial charge in [0.25, 0.3) is 0 Å². The van der Waals surface area contributed by atoms with E-state index in [0.29, 0.717) is 11.3 Å². The first-order valence-corrected chi connectivity index (χ1v) is 7.04. The van der Waals surface area contributed by atoms with E-state index < -0.39 is 6.36 Å². The minimum atomic E-state index is -4.70. The number of nitrogens with zero attached hydrogens (tertiary/aromatic N) is 1. The van der Waals surface area contributed by atoms with Gasteiger partial charge in [-0.1, -0.05) is 24.3 Å². The number of hydrogen-bond donors (Lipinski definition) is 0. The lowest BCUT2D eigenvalue weighted by Gasteiger charge is -2.09. The molecule has 0 atom stereocenters. The Labute approximate surface area is 135 Å². The molecule has 0 spiro atoms. The van der Waals surface area contributed by atoms with Gasteiger partial charge in [0, 0.05) is 23.6 Å². The summed E-state index contributed by atoms with van der Waals surface area (Å²) in [6.45, 7) is 0. The van der Waals surface area contributed by atoms with E-state index in [0.717, 1.165) is 17.4 Å². The van der Waals surface area contributed by atoms with Crippen LogP contribution in [-0.2, 0) is 0 Å². The Kier molecular flexibility index (Phi) is 4.12. The predicted octanol–water partition coefficient (Wildman–Crippen LogP) is 4.86. The summed E-state index contributed by atoms with van der Waals surface area (Å²) in [6, 6.07) is 14.6. The van der Waals surface area contributed by atoms with Crippen molar-refractivity contribution < 1.29 is 22.7 Å². The number of aromatic nitrogens is 1. The predicted molar refractivity (Wildman–Crippen MR) is 83.3 cm³/mol. The van der Waals surface area contributed by atoms with E-state index >= 15 is 0 Å². The second-order valence-electron chi connectivity index (χ2n) is 5.09. The Bertz CT molecular complexity index is 834. The van der Waals surface area contributed by atoms with E-state index in [1.807, 2.05) is 30.6 Å². The molecule has 3 rings (SSSR count). The van der Waals surface area contributed by atoms with E-state index in [2.05, 4.69) is 4.74 Å². The van der Waals surface area contributed by atoms with Gasteiger partial charge in [-0.2, -0.15) is 0 Å². The van der Waals surface area contributed by atoms with Crippen LogP contribution in [0.4, 0.5) is 13.2 Å². The first-order valence-electron chi connectivity index (χ1n) is 7.04. The Hall–Kier alpha value is -3.02. The van der Waals surface area contributed by atoms with Gasteiger partial charge in [0.2, 0.25) is 0 Å². The zero-order valence-electron chi connectivity index (χ0n) is 12.3. The van der Waals surface area contributed by atoms with Crippen molar-refractivity contribution in [1.29, 1.82) is 0 Å². The number of carbonyl (C=O) groups is 1. The SMILES string of the molecule is O=Cc1ccc(-c2ccn(-c3ccc(OC(F)(F)F)cc3)c2)cc1. The molecule has 24 heavy (non-hydrogen) atoms. The molecule has 0 aliphatic rings. The van der Waals surface area contributed by atoms with Crippen molar-refractivity contribution in [3.63, 3.8) is 0 Å². The van der Waals surface area contributed by atoms with E-state index in [9.17, 15) is 18.0 Å². The van der Waals surface area contributed by atoms with Crippen molar-refractivity contribution >= 4 is 6.29 Å². The van der Waals surface area contributed by atoms with Gasteiger partial charge in [-0.3, -0.25) is 4.79 Å². The van der Waals surface area contributed by atoms with Crippen molar-refractivity contribution in [2.45, 2.75) is 6.36 Å². The Morgan fingerprint density at radius 1 is 0.875 bits per heavy atom. The summed E-state index contributed by atoms with van der Waals surface area (Å²) in [5, 5.41) is 0. The van der Waals surface area contributed by atoms with Gasteiger partial charge in [-0.05, 0) is 41.5 Å². The number of rotatable bonds is 4. The Morgan fingerprint density at radius 2 is 1.54 bits per heavy atom. The highest BCUT2D eigenvalue weighted by Crippen LogP contribution is 2.25. The maximum absolute atomic E-state index is 12.2. The van der Waals surface area contributed by atoms with E-state index in [1.54, 1.807) is 28.8 Å². The highest BCUT2D eigenvalue weighted by atomic mass is 19.4. The fraction of sp³-hybridized carbons (Fsp3) is 0.0556. The Balaban J connectivity index is 1.80. The number of carbonyl (C=O) groups excluding carboxylic acids is 1. The quantitative estimate of drug-likeness (QED) is 0.640. The highest BCUT2D eigenvalue weighted by molar-refractivity contribution is 5.76. The maximum Gasteiger partial charge on any atom is 0.573 e. The van der Waals surface area contributed by atoms with Crippen molar-refractivity contribution in [3.8, 4) is 22.6 Å². The third kappa shape index (κ3) is 3.65. The molecule has 122 valence electrons. The van der Waals surface area contributed by atoms with Gasteiger partial charge >= 0.3 is 6.36 Å². The summed E-state index contributed by atoms with van der Waals surface area (Å²) < 4.78 is 42.1. The fourth-order valence-electron chi connectivity index (χ4n) is 2.30. The Morgan fingerprint density at radius 3 is 2.12 bits per heavy atom. The monoisotopic (exact) mass is 331 g/mol. The molecule has 0 aliphatic heterocycles. The van der Waals surface area contributed by atoms with Crippen LogP contribution in [0.2, 0.25) is 0 Å². The van der Waals surface area contributed by atoms with Crippen LogP contribution in [0.5, 0.6) is 5.75 Å². The molecule has 0 aliphatic carbocycles. The van der Waals surface area contributed by atoms with Gasteiger partial charge in [0.15, 0.2) is 0 Å². The molecule has 1 heterocycles. The zero-order valence-corrected chi connectivity index (χ0v) is 12.3. The highest BCUT2D eigenvalue weighted by Gasteiger charge is 2.30. The number of halogens is 3. The summed E-state index contributed by atoms with van der Waals surface area (Å²) in [6.07, 6.45) is -0.256. The molecule has 1 aromatic heterocycles. The van der Waals surface area contributed by atoms with E-state index in [4.69, 9.17) is 0 Å². The fourth-order valence-corrected chi connectivity index (χ4v) is 2.30. The molecule has 0 saturated heterocycles. The van der Waals surface area contributed by atoms with E-state index in [-0.39, 0.29) is 5.75 Å². The summed E-state index contributed by atoms with van der Waals surface area (Å²) >= 11 is 0. The summed E-state index contributed by atoms with van der Waals surface area (Å²) in [5.41, 5.74) is 3.18. The molecule has 0 amide bonds. The normalized spacial score (nSPS) is 11.3. The zero-order chi connectivity index (χ0) is 17.2. The lowest BCUT2D eigenvalue weighted by atomic mass is 10.1. The topological polar surface area (TPSA) is 31.2 Å². The molecule has 3 nitrogen and oxygen atoms in total. The molecule has 0 N–H and O–H groups in total. The minimum Gasteiger partial charge on any atom is -0.406 e. The van der Waals surface area contributed by atoms with Gasteiger partial charge in [-0.25, -0.2) is 0 Å². The van der Waals surface area contributed by atoms with Crippen LogP contribution in [-0.4, -0.2) is 17.2 Å². The van der Waals surface area contributed by atoms with Crippen LogP contribution in [0.15, 0.2) is 67.0 Å². The van der Waals surface area contributed by atoms with E-state index in [1.165, 1.54) is 12.1 Å². The lowest BCUT2D eigenvalue weighted by molar-refractivity contribution is -0.274. The number of hydrogen-bond acceptors (Lipinski definition) is 2. The van der Waals surface area contributed by atoms with Gasteiger partial charge in [0.05, 0.1) is 0 Å². The first-order chi connectivity index (χ1) is 11.4. The molecule has 2 aromatic carbocycles. The largest absolute Gasteiger partial charge is 0.573 e. The van der Waals surface area contributed by atoms with Crippen LogP contribution in [0.25, 0.3) is 16.8 Å². The molecule has 0 fully saturated rings. The molecule has 0 unspecified atom stereocenters. The van der Waals surface area contributed by atoms with Crippen LogP contribution < -0.4 is 4.74 Å². The average Bonchev–Trinajstić information content (AvgIpc) is 3.04. The summed E-state index contributed by atoms with van der Waals surface area (Å²) in [5.74, 6) is -0.261. The smallest absolute Gasteiger partial charge is 0.406 e. The summed E-state index contributed by atoms with van der Waals surface area (Å²) in [7, 11) is 0. The standard InChI is InChI=1S/C18H12F3NO2/c19-18(20,21)24-17-7-5-16(6-8-17)22-10-9-15(11-22)14-3-1-13(12-23)2-4-14/h1-12H.